The second kappa shape index (κ2) is 11.7. The van der Waals surface area contributed by atoms with E-state index in [1.807, 2.05) is 75.5 Å². The van der Waals surface area contributed by atoms with Crippen molar-refractivity contribution in [1.29, 1.82) is 0 Å². The van der Waals surface area contributed by atoms with Gasteiger partial charge in [-0.25, -0.2) is 4.79 Å². The van der Waals surface area contributed by atoms with E-state index in [4.69, 9.17) is 9.47 Å². The van der Waals surface area contributed by atoms with E-state index in [2.05, 4.69) is 27.6 Å². The van der Waals surface area contributed by atoms with Gasteiger partial charge in [-0.2, -0.15) is 5.10 Å². The molecule has 0 spiro atoms. The number of hydrogen-bond donors (Lipinski definition) is 1. The Morgan fingerprint density at radius 2 is 1.62 bits per heavy atom. The molecule has 1 aliphatic rings. The van der Waals surface area contributed by atoms with Gasteiger partial charge >= 0.3 is 6.09 Å². The fraction of sp³-hybridized carbons (Fsp3) is 0.462. The summed E-state index contributed by atoms with van der Waals surface area (Å²) in [5.41, 5.74) is 1.60. The molecule has 6 heteroatoms. The first kappa shape index (κ1) is 23.8. The molecule has 2 aromatic rings. The number of carbonyl (C=O) groups excluding carboxylic acids is 1. The number of rotatable bonds is 9. The lowest BCUT2D eigenvalue weighted by molar-refractivity contribution is 0.0332. The zero-order chi connectivity index (χ0) is 22.8. The molecular formula is C26H35N3O3. The SMILES string of the molecule is CC(C)(C)OC(=O)N[C@@H](Cc1ccccc1)[C@@H](/C=N/N1CCCC1)OCc1ccccc1. The van der Waals surface area contributed by atoms with Crippen molar-refractivity contribution in [1.82, 2.24) is 10.3 Å². The molecule has 6 nitrogen and oxygen atoms in total. The lowest BCUT2D eigenvalue weighted by atomic mass is 10.0. The zero-order valence-corrected chi connectivity index (χ0v) is 19.4. The molecule has 1 amide bonds. The van der Waals surface area contributed by atoms with Crippen molar-refractivity contribution < 1.29 is 14.3 Å². The predicted octanol–water partition coefficient (Wildman–Crippen LogP) is 4.79. The van der Waals surface area contributed by atoms with Crippen LogP contribution in [-0.4, -0.2) is 48.2 Å². The molecule has 1 aliphatic heterocycles. The molecule has 1 heterocycles. The van der Waals surface area contributed by atoms with Crippen LogP contribution >= 0.6 is 0 Å². The molecule has 2 aromatic carbocycles. The van der Waals surface area contributed by atoms with Gasteiger partial charge in [0.05, 0.1) is 18.9 Å². The molecule has 0 bridgehead atoms. The molecule has 0 aromatic heterocycles. The quantitative estimate of drug-likeness (QED) is 0.573. The van der Waals surface area contributed by atoms with Gasteiger partial charge in [0.1, 0.15) is 11.7 Å². The minimum Gasteiger partial charge on any atom is -0.444 e. The average molecular weight is 438 g/mol. The molecule has 1 N–H and O–H groups in total. The van der Waals surface area contributed by atoms with Crippen molar-refractivity contribution >= 4 is 12.3 Å². The molecular weight excluding hydrogens is 402 g/mol. The van der Waals surface area contributed by atoms with Crippen LogP contribution in [0, 0.1) is 0 Å². The van der Waals surface area contributed by atoms with Gasteiger partial charge in [-0.3, -0.25) is 5.01 Å². The van der Waals surface area contributed by atoms with Gasteiger partial charge < -0.3 is 14.8 Å². The normalized spacial score (nSPS) is 16.2. The van der Waals surface area contributed by atoms with Crippen LogP contribution in [0.25, 0.3) is 0 Å². The van der Waals surface area contributed by atoms with Crippen LogP contribution in [0.1, 0.15) is 44.7 Å². The Labute approximate surface area is 191 Å². The van der Waals surface area contributed by atoms with E-state index in [-0.39, 0.29) is 6.04 Å². The fourth-order valence-electron chi connectivity index (χ4n) is 3.58. The third-order valence-electron chi connectivity index (χ3n) is 5.14. The lowest BCUT2D eigenvalue weighted by Crippen LogP contribution is -2.48. The maximum atomic E-state index is 12.7. The van der Waals surface area contributed by atoms with E-state index >= 15 is 0 Å². The number of ether oxygens (including phenoxy) is 2. The number of nitrogens with one attached hydrogen (secondary N) is 1. The van der Waals surface area contributed by atoms with Gasteiger partial charge in [0.25, 0.3) is 0 Å². The van der Waals surface area contributed by atoms with Crippen LogP contribution in [0.5, 0.6) is 0 Å². The minimum atomic E-state index is -0.578. The highest BCUT2D eigenvalue weighted by Gasteiger charge is 2.27. The Bertz CT molecular complexity index is 844. The largest absolute Gasteiger partial charge is 0.444 e. The Morgan fingerprint density at radius 3 is 2.22 bits per heavy atom. The number of nitrogens with zero attached hydrogens (tertiary/aromatic N) is 2. The monoisotopic (exact) mass is 437 g/mol. The van der Waals surface area contributed by atoms with Gasteiger partial charge in [0.15, 0.2) is 0 Å². The summed E-state index contributed by atoms with van der Waals surface area (Å²) in [4.78, 5) is 12.7. The Balaban J connectivity index is 1.80. The first-order chi connectivity index (χ1) is 15.4. The van der Waals surface area contributed by atoms with Crippen molar-refractivity contribution in [3.8, 4) is 0 Å². The smallest absolute Gasteiger partial charge is 0.407 e. The summed E-state index contributed by atoms with van der Waals surface area (Å²) in [5, 5.41) is 9.77. The summed E-state index contributed by atoms with van der Waals surface area (Å²) < 4.78 is 11.8. The third kappa shape index (κ3) is 8.35. The average Bonchev–Trinajstić information content (AvgIpc) is 3.27. The van der Waals surface area contributed by atoms with E-state index in [0.717, 1.165) is 37.1 Å². The van der Waals surface area contributed by atoms with Crippen molar-refractivity contribution in [2.75, 3.05) is 13.1 Å². The molecule has 0 aliphatic carbocycles. The van der Waals surface area contributed by atoms with Crippen molar-refractivity contribution in [3.63, 3.8) is 0 Å². The van der Waals surface area contributed by atoms with Gasteiger partial charge in [0.2, 0.25) is 0 Å². The molecule has 0 saturated carbocycles. The number of amides is 1. The number of carbonyl (C=O) groups is 1. The Morgan fingerprint density at radius 1 is 1.03 bits per heavy atom. The molecule has 3 rings (SSSR count). The van der Waals surface area contributed by atoms with Crippen molar-refractivity contribution in [3.05, 3.63) is 71.8 Å². The molecule has 172 valence electrons. The second-order valence-electron chi connectivity index (χ2n) is 9.13. The number of hydrogen-bond acceptors (Lipinski definition) is 5. The standard InChI is InChI=1S/C26H35N3O3/c1-26(2,3)32-25(30)28-23(18-21-12-6-4-7-13-21)24(19-27-29-16-10-11-17-29)31-20-22-14-8-5-9-15-22/h4-9,12-15,19,23-24H,10-11,16-18,20H2,1-3H3,(H,28,30)/b27-19+/t23-,24+/m0/s1. The third-order valence-corrected chi connectivity index (χ3v) is 5.14. The van der Waals surface area contributed by atoms with Crippen LogP contribution < -0.4 is 5.32 Å². The van der Waals surface area contributed by atoms with E-state index in [1.54, 1.807) is 0 Å². The predicted molar refractivity (Wildman–Crippen MR) is 128 cm³/mol. The zero-order valence-electron chi connectivity index (χ0n) is 19.4. The Hall–Kier alpha value is -2.86. The molecule has 0 radical (unpaired) electrons. The molecule has 0 unspecified atom stereocenters. The van der Waals surface area contributed by atoms with Gasteiger partial charge in [-0.15, -0.1) is 0 Å². The maximum Gasteiger partial charge on any atom is 0.407 e. The van der Waals surface area contributed by atoms with Crippen LogP contribution in [0.3, 0.4) is 0 Å². The van der Waals surface area contributed by atoms with E-state index < -0.39 is 17.8 Å². The lowest BCUT2D eigenvalue weighted by Gasteiger charge is -2.28. The van der Waals surface area contributed by atoms with E-state index in [0.29, 0.717) is 13.0 Å². The Kier molecular flexibility index (Phi) is 8.68. The molecule has 2 atom stereocenters. The van der Waals surface area contributed by atoms with E-state index in [1.165, 1.54) is 0 Å². The number of benzene rings is 2. The summed E-state index contributed by atoms with van der Waals surface area (Å²) >= 11 is 0. The van der Waals surface area contributed by atoms with Crippen LogP contribution in [0.2, 0.25) is 0 Å². The first-order valence-electron chi connectivity index (χ1n) is 11.4. The maximum absolute atomic E-state index is 12.7. The number of alkyl carbamates (subject to hydrolysis) is 1. The van der Waals surface area contributed by atoms with Gasteiger partial charge in [-0.1, -0.05) is 60.7 Å². The summed E-state index contributed by atoms with van der Waals surface area (Å²) in [5.74, 6) is 0. The summed E-state index contributed by atoms with van der Waals surface area (Å²) in [6, 6.07) is 19.8. The highest BCUT2D eigenvalue weighted by atomic mass is 16.6. The summed E-state index contributed by atoms with van der Waals surface area (Å²) in [7, 11) is 0. The molecule has 1 fully saturated rings. The van der Waals surface area contributed by atoms with Crippen LogP contribution in [-0.2, 0) is 22.5 Å². The second-order valence-corrected chi connectivity index (χ2v) is 9.13. The van der Waals surface area contributed by atoms with Crippen molar-refractivity contribution in [2.45, 2.75) is 64.4 Å². The van der Waals surface area contributed by atoms with Crippen LogP contribution in [0.4, 0.5) is 4.79 Å². The highest BCUT2D eigenvalue weighted by molar-refractivity contribution is 5.71. The van der Waals surface area contributed by atoms with Gasteiger partial charge in [-0.05, 0) is 51.2 Å². The van der Waals surface area contributed by atoms with Gasteiger partial charge in [0, 0.05) is 13.1 Å². The fourth-order valence-corrected chi connectivity index (χ4v) is 3.58. The topological polar surface area (TPSA) is 63.2 Å². The highest BCUT2D eigenvalue weighted by Crippen LogP contribution is 2.14. The minimum absolute atomic E-state index is 0.331. The number of hydrazone groups is 1. The molecule has 1 saturated heterocycles. The van der Waals surface area contributed by atoms with E-state index in [9.17, 15) is 4.79 Å². The van der Waals surface area contributed by atoms with Crippen molar-refractivity contribution in [2.24, 2.45) is 5.10 Å². The van der Waals surface area contributed by atoms with Crippen LogP contribution in [0.15, 0.2) is 65.8 Å². The first-order valence-corrected chi connectivity index (χ1v) is 11.4. The summed E-state index contributed by atoms with van der Waals surface area (Å²) in [6.07, 6.45) is 3.86. The molecule has 32 heavy (non-hydrogen) atoms. The summed E-state index contributed by atoms with van der Waals surface area (Å²) in [6.45, 7) is 7.90.